The number of rotatable bonds is 5. The van der Waals surface area contributed by atoms with Gasteiger partial charge in [0.1, 0.15) is 11.5 Å². The first-order valence-electron chi connectivity index (χ1n) is 9.91. The second-order valence-corrected chi connectivity index (χ2v) is 7.42. The van der Waals surface area contributed by atoms with Crippen molar-refractivity contribution in [2.45, 2.75) is 0 Å². The van der Waals surface area contributed by atoms with E-state index in [1.165, 1.54) is 0 Å². The van der Waals surface area contributed by atoms with Crippen LogP contribution in [0.4, 0.5) is 11.6 Å². The van der Waals surface area contributed by atoms with Crippen molar-refractivity contribution in [1.29, 1.82) is 0 Å². The maximum absolute atomic E-state index is 12.9. The van der Waals surface area contributed by atoms with Crippen molar-refractivity contribution in [2.24, 2.45) is 0 Å². The average Bonchev–Trinajstić information content (AvgIpc) is 2.81. The van der Waals surface area contributed by atoms with Gasteiger partial charge in [-0.05, 0) is 48.5 Å². The quantitative estimate of drug-likeness (QED) is 0.341. The van der Waals surface area contributed by atoms with Gasteiger partial charge in [0.25, 0.3) is 5.56 Å². The van der Waals surface area contributed by atoms with Crippen LogP contribution in [0.2, 0.25) is 5.02 Å². The van der Waals surface area contributed by atoms with E-state index >= 15 is 0 Å². The zero-order valence-electron chi connectivity index (χ0n) is 16.7. The number of aromatic amines is 1. The van der Waals surface area contributed by atoms with Crippen LogP contribution < -0.4 is 15.6 Å². The molecular weight excluding hydrogens is 424 g/mol. The topological polar surface area (TPSA) is 79.9 Å². The van der Waals surface area contributed by atoms with E-state index in [4.69, 9.17) is 16.3 Å². The Morgan fingerprint density at radius 1 is 0.812 bits per heavy atom. The van der Waals surface area contributed by atoms with Crippen LogP contribution >= 0.6 is 11.6 Å². The molecule has 0 fully saturated rings. The highest BCUT2D eigenvalue weighted by Gasteiger charge is 2.13. The van der Waals surface area contributed by atoms with Gasteiger partial charge < -0.3 is 10.1 Å². The Kier molecular flexibility index (Phi) is 5.27. The Morgan fingerprint density at radius 3 is 2.31 bits per heavy atom. The molecule has 2 aromatic heterocycles. The summed E-state index contributed by atoms with van der Waals surface area (Å²) in [5.41, 5.74) is 2.21. The summed E-state index contributed by atoms with van der Waals surface area (Å²) in [5.74, 6) is 1.75. The van der Waals surface area contributed by atoms with Crippen molar-refractivity contribution in [3.8, 4) is 22.6 Å². The van der Waals surface area contributed by atoms with Crippen LogP contribution in [0.3, 0.4) is 0 Å². The molecule has 6 nitrogen and oxygen atoms in total. The maximum Gasteiger partial charge on any atom is 0.262 e. The summed E-state index contributed by atoms with van der Waals surface area (Å²) in [6, 6.07) is 26.0. The van der Waals surface area contributed by atoms with Crippen LogP contribution in [0.1, 0.15) is 0 Å². The van der Waals surface area contributed by atoms with Gasteiger partial charge in [-0.3, -0.25) is 9.78 Å². The highest BCUT2D eigenvalue weighted by Crippen LogP contribution is 2.31. The second-order valence-electron chi connectivity index (χ2n) is 7.02. The molecule has 5 rings (SSSR count). The number of hydrogen-bond donors (Lipinski definition) is 2. The Hall–Kier alpha value is -4.16. The van der Waals surface area contributed by atoms with E-state index in [1.807, 2.05) is 72.8 Å². The predicted molar refractivity (Wildman–Crippen MR) is 127 cm³/mol. The Labute approximate surface area is 188 Å². The van der Waals surface area contributed by atoms with Gasteiger partial charge in [0, 0.05) is 28.0 Å². The first-order valence-corrected chi connectivity index (χ1v) is 10.3. The van der Waals surface area contributed by atoms with Crippen LogP contribution in [0, 0.1) is 0 Å². The molecule has 0 spiro atoms. The van der Waals surface area contributed by atoms with Crippen molar-refractivity contribution in [1.82, 2.24) is 15.0 Å². The van der Waals surface area contributed by atoms with E-state index in [0.29, 0.717) is 33.3 Å². The first-order chi connectivity index (χ1) is 15.7. The number of para-hydroxylation sites is 1. The highest BCUT2D eigenvalue weighted by molar-refractivity contribution is 6.33. The van der Waals surface area contributed by atoms with Gasteiger partial charge in [-0.1, -0.05) is 48.0 Å². The van der Waals surface area contributed by atoms with Gasteiger partial charge in [-0.15, -0.1) is 0 Å². The average molecular weight is 441 g/mol. The first kappa shape index (κ1) is 19.8. The van der Waals surface area contributed by atoms with Gasteiger partial charge in [-0.2, -0.15) is 4.98 Å². The van der Waals surface area contributed by atoms with E-state index in [9.17, 15) is 4.79 Å². The van der Waals surface area contributed by atoms with Crippen LogP contribution in [0.25, 0.3) is 22.2 Å². The molecule has 7 heteroatoms. The Bertz CT molecular complexity index is 1450. The molecule has 0 aliphatic rings. The summed E-state index contributed by atoms with van der Waals surface area (Å²) < 4.78 is 5.80. The van der Waals surface area contributed by atoms with Crippen molar-refractivity contribution >= 4 is 34.3 Å². The standard InChI is InChI=1S/C25H17ClN4O2/c26-21-9-5-4-8-19(21)20-14-15-27-23-22(20)24(31)30-25(29-23)28-16-10-12-18(13-11-16)32-17-6-2-1-3-7-17/h1-15H,(H2,27,28,29,30,31). The lowest BCUT2D eigenvalue weighted by atomic mass is 10.0. The lowest BCUT2D eigenvalue weighted by Gasteiger charge is -2.10. The molecule has 0 unspecified atom stereocenters. The van der Waals surface area contributed by atoms with Gasteiger partial charge >= 0.3 is 0 Å². The number of ether oxygens (including phenoxy) is 1. The molecule has 0 bridgehead atoms. The number of H-pyrrole nitrogens is 1. The van der Waals surface area contributed by atoms with E-state index in [1.54, 1.807) is 18.3 Å². The van der Waals surface area contributed by atoms with Gasteiger partial charge in [0.15, 0.2) is 5.65 Å². The fraction of sp³-hybridized carbons (Fsp3) is 0. The highest BCUT2D eigenvalue weighted by atomic mass is 35.5. The number of benzene rings is 3. The van der Waals surface area contributed by atoms with Gasteiger partial charge in [0.05, 0.1) is 5.39 Å². The monoisotopic (exact) mass is 440 g/mol. The lowest BCUT2D eigenvalue weighted by molar-refractivity contribution is 0.483. The van der Waals surface area contributed by atoms with Crippen molar-refractivity contribution < 1.29 is 4.74 Å². The zero-order chi connectivity index (χ0) is 21.9. The zero-order valence-corrected chi connectivity index (χ0v) is 17.5. The molecule has 0 amide bonds. The summed E-state index contributed by atoms with van der Waals surface area (Å²) in [6.07, 6.45) is 1.62. The predicted octanol–water partition coefficient (Wildman–Crippen LogP) is 6.17. The maximum atomic E-state index is 12.9. The molecule has 156 valence electrons. The molecule has 2 heterocycles. The van der Waals surface area contributed by atoms with Crippen molar-refractivity contribution in [2.75, 3.05) is 5.32 Å². The minimum atomic E-state index is -0.301. The molecular formula is C25H17ClN4O2. The molecule has 5 aromatic rings. The fourth-order valence-corrected chi connectivity index (χ4v) is 3.63. The van der Waals surface area contributed by atoms with E-state index in [0.717, 1.165) is 17.0 Å². The number of fused-ring (bicyclic) bond motifs is 1. The number of hydrogen-bond acceptors (Lipinski definition) is 5. The SMILES string of the molecule is O=c1[nH]c(Nc2ccc(Oc3ccccc3)cc2)nc2nccc(-c3ccccc3Cl)c12. The molecule has 0 radical (unpaired) electrons. The Balaban J connectivity index is 1.43. The number of anilines is 2. The molecule has 0 saturated heterocycles. The summed E-state index contributed by atoms with van der Waals surface area (Å²) in [5, 5.41) is 4.05. The lowest BCUT2D eigenvalue weighted by Crippen LogP contribution is -2.13. The van der Waals surface area contributed by atoms with Crippen LogP contribution in [0.5, 0.6) is 11.5 Å². The fourth-order valence-electron chi connectivity index (χ4n) is 3.39. The van der Waals surface area contributed by atoms with Crippen LogP contribution in [-0.2, 0) is 0 Å². The van der Waals surface area contributed by atoms with Gasteiger partial charge in [-0.25, -0.2) is 4.98 Å². The van der Waals surface area contributed by atoms with Crippen LogP contribution in [0.15, 0.2) is 95.9 Å². The smallest absolute Gasteiger partial charge is 0.262 e. The van der Waals surface area contributed by atoms with E-state index < -0.39 is 0 Å². The summed E-state index contributed by atoms with van der Waals surface area (Å²) in [7, 11) is 0. The number of nitrogens with zero attached hydrogens (tertiary/aromatic N) is 2. The number of aromatic nitrogens is 3. The van der Waals surface area contributed by atoms with E-state index in [-0.39, 0.29) is 5.56 Å². The molecule has 0 atom stereocenters. The minimum absolute atomic E-state index is 0.294. The molecule has 0 saturated carbocycles. The molecule has 0 aliphatic heterocycles. The largest absolute Gasteiger partial charge is 0.457 e. The number of pyridine rings is 1. The molecule has 32 heavy (non-hydrogen) atoms. The molecule has 0 aliphatic carbocycles. The third-order valence-electron chi connectivity index (χ3n) is 4.87. The van der Waals surface area contributed by atoms with Crippen molar-refractivity contribution in [3.05, 3.63) is 107 Å². The van der Waals surface area contributed by atoms with E-state index in [2.05, 4.69) is 20.3 Å². The number of halogens is 1. The Morgan fingerprint density at radius 2 is 1.53 bits per heavy atom. The number of nitrogens with one attached hydrogen (secondary N) is 2. The van der Waals surface area contributed by atoms with Crippen LogP contribution in [-0.4, -0.2) is 15.0 Å². The third-order valence-corrected chi connectivity index (χ3v) is 5.20. The summed E-state index contributed by atoms with van der Waals surface area (Å²) >= 11 is 6.34. The summed E-state index contributed by atoms with van der Waals surface area (Å²) in [4.78, 5) is 24.5. The molecule has 2 N–H and O–H groups in total. The minimum Gasteiger partial charge on any atom is -0.457 e. The third kappa shape index (κ3) is 4.04. The van der Waals surface area contributed by atoms with Crippen molar-refractivity contribution in [3.63, 3.8) is 0 Å². The molecule has 3 aromatic carbocycles. The second kappa shape index (κ2) is 8.53. The van der Waals surface area contributed by atoms with Gasteiger partial charge in [0.2, 0.25) is 5.95 Å². The normalized spacial score (nSPS) is 10.8. The summed E-state index contributed by atoms with van der Waals surface area (Å²) in [6.45, 7) is 0.